The molecule has 0 saturated heterocycles. The zero-order valence-corrected chi connectivity index (χ0v) is 19.2. The Bertz CT molecular complexity index is 1230. The number of aromatic nitrogens is 2. The van der Waals surface area contributed by atoms with Gasteiger partial charge in [0.25, 0.3) is 5.56 Å². The van der Waals surface area contributed by atoms with Crippen molar-refractivity contribution in [2.24, 2.45) is 0 Å². The van der Waals surface area contributed by atoms with Crippen LogP contribution < -0.4 is 21.5 Å². The van der Waals surface area contributed by atoms with Crippen molar-refractivity contribution in [3.63, 3.8) is 0 Å². The van der Waals surface area contributed by atoms with Crippen LogP contribution in [0, 0.1) is 5.82 Å². The molecule has 3 N–H and O–H groups in total. The van der Waals surface area contributed by atoms with E-state index in [1.807, 2.05) is 19.9 Å². The zero-order valence-electron chi connectivity index (χ0n) is 19.2. The zero-order chi connectivity index (χ0) is 23.5. The van der Waals surface area contributed by atoms with Gasteiger partial charge in [0.15, 0.2) is 0 Å². The Morgan fingerprint density at radius 2 is 1.91 bits per heavy atom. The van der Waals surface area contributed by atoms with Gasteiger partial charge in [0.2, 0.25) is 0 Å². The molecule has 2 amide bonds. The monoisotopic (exact) mass is 451 g/mol. The standard InChI is InChI=1S/C25H30FN5O2/c1-15(2)31-22-13-23(27-3)28-14-17(22)11-19(24(31)32)16-9-10-20(26)21(12-16)30-25(33)29-18-7-5-4-6-8-18/h9-15,18H,4-8H2,1-3H3,(H,27,28)(H2,29,30,33). The molecule has 1 fully saturated rings. The number of hydrogen-bond acceptors (Lipinski definition) is 4. The lowest BCUT2D eigenvalue weighted by Gasteiger charge is -2.23. The van der Waals surface area contributed by atoms with Gasteiger partial charge in [-0.05, 0) is 50.5 Å². The van der Waals surface area contributed by atoms with Crippen LogP contribution in [0.15, 0.2) is 41.3 Å². The van der Waals surface area contributed by atoms with Gasteiger partial charge in [0.05, 0.1) is 11.2 Å². The minimum atomic E-state index is -0.553. The first-order chi connectivity index (χ1) is 15.9. The fourth-order valence-corrected chi connectivity index (χ4v) is 4.47. The Balaban J connectivity index is 1.70. The molecular formula is C25H30FN5O2. The summed E-state index contributed by atoms with van der Waals surface area (Å²) in [6.07, 6.45) is 6.94. The lowest BCUT2D eigenvalue weighted by molar-refractivity contribution is 0.244. The highest BCUT2D eigenvalue weighted by molar-refractivity contribution is 5.91. The maximum absolute atomic E-state index is 14.5. The highest BCUT2D eigenvalue weighted by Gasteiger charge is 2.18. The number of carbonyl (C=O) groups excluding carboxylic acids is 1. The number of benzene rings is 1. The Morgan fingerprint density at radius 3 is 2.61 bits per heavy atom. The van der Waals surface area contributed by atoms with E-state index in [0.717, 1.165) is 36.6 Å². The summed E-state index contributed by atoms with van der Waals surface area (Å²) in [5.41, 5.74) is 1.58. The Hall–Kier alpha value is -3.42. The second-order valence-electron chi connectivity index (χ2n) is 8.83. The Morgan fingerprint density at radius 1 is 1.15 bits per heavy atom. The number of fused-ring (bicyclic) bond motifs is 1. The summed E-state index contributed by atoms with van der Waals surface area (Å²) in [5.74, 6) is 0.115. The van der Waals surface area contributed by atoms with Crippen LogP contribution in [0.1, 0.15) is 52.0 Å². The van der Waals surface area contributed by atoms with E-state index in [4.69, 9.17) is 0 Å². The second-order valence-corrected chi connectivity index (χ2v) is 8.83. The number of anilines is 2. The first-order valence-electron chi connectivity index (χ1n) is 11.5. The van der Waals surface area contributed by atoms with Crippen molar-refractivity contribution in [3.05, 3.63) is 52.7 Å². The minimum Gasteiger partial charge on any atom is -0.373 e. The van der Waals surface area contributed by atoms with Crippen LogP contribution in [0.4, 0.5) is 20.7 Å². The smallest absolute Gasteiger partial charge is 0.319 e. The molecule has 2 heterocycles. The number of pyridine rings is 2. The van der Waals surface area contributed by atoms with E-state index < -0.39 is 11.8 Å². The van der Waals surface area contributed by atoms with E-state index in [1.54, 1.807) is 29.9 Å². The first-order valence-corrected chi connectivity index (χ1v) is 11.5. The normalized spacial score (nSPS) is 14.5. The van der Waals surface area contributed by atoms with Crippen molar-refractivity contribution < 1.29 is 9.18 Å². The van der Waals surface area contributed by atoms with Crippen molar-refractivity contribution in [2.75, 3.05) is 17.7 Å². The van der Waals surface area contributed by atoms with Crippen LogP contribution in [0.3, 0.4) is 0 Å². The number of rotatable bonds is 5. The Kier molecular flexibility index (Phi) is 6.62. The second kappa shape index (κ2) is 9.60. The highest BCUT2D eigenvalue weighted by Crippen LogP contribution is 2.27. The third kappa shape index (κ3) is 4.84. The van der Waals surface area contributed by atoms with Crippen LogP contribution in [0.25, 0.3) is 22.0 Å². The van der Waals surface area contributed by atoms with Gasteiger partial charge >= 0.3 is 6.03 Å². The van der Waals surface area contributed by atoms with Gasteiger partial charge in [-0.25, -0.2) is 14.2 Å². The fourth-order valence-electron chi connectivity index (χ4n) is 4.47. The topological polar surface area (TPSA) is 88.1 Å². The van der Waals surface area contributed by atoms with Gasteiger partial charge in [-0.15, -0.1) is 0 Å². The quantitative estimate of drug-likeness (QED) is 0.493. The third-order valence-corrected chi connectivity index (χ3v) is 6.16. The van der Waals surface area contributed by atoms with Crippen molar-refractivity contribution in [1.82, 2.24) is 14.9 Å². The summed E-state index contributed by atoms with van der Waals surface area (Å²) in [7, 11) is 1.78. The summed E-state index contributed by atoms with van der Waals surface area (Å²) < 4.78 is 16.2. The molecule has 1 aliphatic carbocycles. The van der Waals surface area contributed by atoms with Crippen LogP contribution >= 0.6 is 0 Å². The van der Waals surface area contributed by atoms with Gasteiger partial charge in [-0.1, -0.05) is 25.3 Å². The number of nitrogens with zero attached hydrogens (tertiary/aromatic N) is 2. The lowest BCUT2D eigenvalue weighted by Crippen LogP contribution is -2.39. The predicted octanol–water partition coefficient (Wildman–Crippen LogP) is 5.28. The van der Waals surface area contributed by atoms with Gasteiger partial charge < -0.3 is 20.5 Å². The van der Waals surface area contributed by atoms with E-state index in [0.29, 0.717) is 16.9 Å². The molecule has 0 bridgehead atoms. The molecule has 1 aromatic carbocycles. The van der Waals surface area contributed by atoms with Crippen molar-refractivity contribution >= 4 is 28.4 Å². The molecule has 0 atom stereocenters. The van der Waals surface area contributed by atoms with E-state index in [-0.39, 0.29) is 23.3 Å². The molecule has 0 aliphatic heterocycles. The molecule has 4 rings (SSSR count). The molecule has 1 aliphatic rings. The predicted molar refractivity (Wildman–Crippen MR) is 130 cm³/mol. The van der Waals surface area contributed by atoms with E-state index >= 15 is 0 Å². The molecule has 0 radical (unpaired) electrons. The van der Waals surface area contributed by atoms with E-state index in [1.165, 1.54) is 18.6 Å². The maximum Gasteiger partial charge on any atom is 0.319 e. The number of amides is 2. The molecule has 3 aromatic rings. The van der Waals surface area contributed by atoms with Crippen molar-refractivity contribution in [1.29, 1.82) is 0 Å². The molecule has 33 heavy (non-hydrogen) atoms. The van der Waals surface area contributed by atoms with Crippen LogP contribution in [0.2, 0.25) is 0 Å². The summed E-state index contributed by atoms with van der Waals surface area (Å²) in [6, 6.07) is 7.54. The Labute approximate surface area is 192 Å². The number of hydrogen-bond donors (Lipinski definition) is 3. The summed E-state index contributed by atoms with van der Waals surface area (Å²) in [5, 5.41) is 9.34. The van der Waals surface area contributed by atoms with E-state index in [9.17, 15) is 14.0 Å². The number of nitrogens with one attached hydrogen (secondary N) is 3. The first kappa shape index (κ1) is 22.8. The third-order valence-electron chi connectivity index (χ3n) is 6.16. The minimum absolute atomic E-state index is 0.0417. The van der Waals surface area contributed by atoms with Crippen LogP contribution in [-0.4, -0.2) is 28.7 Å². The van der Waals surface area contributed by atoms with Gasteiger partial charge in [0.1, 0.15) is 11.6 Å². The van der Waals surface area contributed by atoms with Crippen molar-refractivity contribution in [2.45, 2.75) is 58.0 Å². The summed E-state index contributed by atoms with van der Waals surface area (Å²) in [6.45, 7) is 3.88. The van der Waals surface area contributed by atoms with Crippen LogP contribution in [-0.2, 0) is 0 Å². The van der Waals surface area contributed by atoms with Gasteiger partial charge in [-0.2, -0.15) is 0 Å². The maximum atomic E-state index is 14.5. The fraction of sp³-hybridized carbons (Fsp3) is 0.400. The number of carbonyl (C=O) groups is 1. The molecule has 7 nitrogen and oxygen atoms in total. The largest absolute Gasteiger partial charge is 0.373 e. The molecule has 0 spiro atoms. The number of halogens is 1. The number of urea groups is 1. The average Bonchev–Trinajstić information content (AvgIpc) is 2.80. The SMILES string of the molecule is CNc1cc2c(cn1)cc(-c1ccc(F)c(NC(=O)NC3CCCCC3)c1)c(=O)n2C(C)C. The molecule has 174 valence electrons. The summed E-state index contributed by atoms with van der Waals surface area (Å²) in [4.78, 5) is 30.3. The average molecular weight is 452 g/mol. The van der Waals surface area contributed by atoms with E-state index in [2.05, 4.69) is 20.9 Å². The molecule has 8 heteroatoms. The molecule has 2 aromatic heterocycles. The van der Waals surface area contributed by atoms with Crippen LogP contribution in [0.5, 0.6) is 0 Å². The highest BCUT2D eigenvalue weighted by atomic mass is 19.1. The van der Waals surface area contributed by atoms with Gasteiger partial charge in [0, 0.05) is 42.3 Å². The molecule has 0 unspecified atom stereocenters. The summed E-state index contributed by atoms with van der Waals surface area (Å²) >= 11 is 0. The van der Waals surface area contributed by atoms with Gasteiger partial charge in [-0.3, -0.25) is 4.79 Å². The lowest BCUT2D eigenvalue weighted by atomic mass is 9.96. The van der Waals surface area contributed by atoms with Crippen molar-refractivity contribution in [3.8, 4) is 11.1 Å². The molecular weight excluding hydrogens is 421 g/mol. The molecule has 1 saturated carbocycles.